The van der Waals surface area contributed by atoms with Crippen LogP contribution in [0.3, 0.4) is 0 Å². The largest absolute Gasteiger partial charge is 0.472 e. The first-order valence-corrected chi connectivity index (χ1v) is 22.6. The SMILES string of the molecule is CCCC/C=C\C/C=C\CCCCCCCC(=O)OC(COC(=O)CCCCCCCCCCCCCC)COP(=O)(O)OC1C(O)C(O)C(O)C(O)C1O. The van der Waals surface area contributed by atoms with Crippen molar-refractivity contribution < 1.29 is 63.1 Å². The number of phosphoric ester groups is 1. The number of carbonyl (C=O) groups is 2. The molecule has 1 fully saturated rings. The summed E-state index contributed by atoms with van der Waals surface area (Å²) in [6.07, 6.45) is 19.6. The monoisotopic (exact) mass is 806 g/mol. The van der Waals surface area contributed by atoms with Crippen molar-refractivity contribution in [3.8, 4) is 0 Å². The van der Waals surface area contributed by atoms with Crippen LogP contribution in [0.1, 0.15) is 168 Å². The van der Waals surface area contributed by atoms with Crippen LogP contribution in [0.15, 0.2) is 24.3 Å². The average molecular weight is 807 g/mol. The zero-order chi connectivity index (χ0) is 40.7. The minimum Gasteiger partial charge on any atom is -0.462 e. The predicted octanol–water partition coefficient (Wildman–Crippen LogP) is 7.28. The van der Waals surface area contributed by atoms with Crippen LogP contribution in [0.25, 0.3) is 0 Å². The second kappa shape index (κ2) is 32.3. The van der Waals surface area contributed by atoms with E-state index in [1.807, 2.05) is 0 Å². The standard InChI is InChI=1S/C41H75O13P/c1-3-5-7-9-11-13-15-17-18-20-22-24-26-28-30-35(43)53-33(31-51-34(42)29-27-25-23-21-19-16-14-12-10-8-6-4-2)32-52-55(49,50)54-41-39(47)37(45)36(44)38(46)40(41)48/h9,11,15,17,33,36-41,44-48H,3-8,10,12-14,16,18-32H2,1-2H3,(H,49,50)/b11-9-,17-15-. The van der Waals surface area contributed by atoms with E-state index in [0.29, 0.717) is 12.8 Å². The lowest BCUT2D eigenvalue weighted by molar-refractivity contribution is -0.220. The maximum Gasteiger partial charge on any atom is 0.472 e. The molecule has 1 aliphatic carbocycles. The molecule has 1 rings (SSSR count). The zero-order valence-electron chi connectivity index (χ0n) is 33.7. The number of allylic oxidation sites excluding steroid dienone is 4. The van der Waals surface area contributed by atoms with E-state index in [1.165, 1.54) is 64.2 Å². The number of aliphatic hydroxyl groups excluding tert-OH is 5. The van der Waals surface area contributed by atoms with Crippen LogP contribution in [0, 0.1) is 0 Å². The summed E-state index contributed by atoms with van der Waals surface area (Å²) in [6.45, 7) is 3.22. The third-order valence-corrected chi connectivity index (χ3v) is 10.8. The number of ether oxygens (including phenoxy) is 2. The summed E-state index contributed by atoms with van der Waals surface area (Å²) in [4.78, 5) is 35.5. The fraction of sp³-hybridized carbons (Fsp3) is 0.854. The number of phosphoric acid groups is 1. The highest BCUT2D eigenvalue weighted by atomic mass is 31.2. The minimum atomic E-state index is -5.11. The first kappa shape index (κ1) is 51.3. The molecule has 322 valence electrons. The van der Waals surface area contributed by atoms with Gasteiger partial charge in [0.1, 0.15) is 43.2 Å². The molecule has 1 saturated carbocycles. The molecule has 0 aromatic heterocycles. The Morgan fingerprint density at radius 3 is 1.53 bits per heavy atom. The number of carbonyl (C=O) groups excluding carboxylic acids is 2. The third-order valence-electron chi connectivity index (χ3n) is 9.80. The Balaban J connectivity index is 2.52. The summed E-state index contributed by atoms with van der Waals surface area (Å²) in [6, 6.07) is 0. The van der Waals surface area contributed by atoms with Crippen molar-refractivity contribution in [3.05, 3.63) is 24.3 Å². The predicted molar refractivity (Wildman–Crippen MR) is 212 cm³/mol. The maximum atomic E-state index is 12.8. The van der Waals surface area contributed by atoms with Gasteiger partial charge in [-0.2, -0.15) is 0 Å². The molecular weight excluding hydrogens is 731 g/mol. The van der Waals surface area contributed by atoms with Gasteiger partial charge in [-0.05, 0) is 38.5 Å². The summed E-state index contributed by atoms with van der Waals surface area (Å²) < 4.78 is 33.4. The van der Waals surface area contributed by atoms with Crippen molar-refractivity contribution in [1.82, 2.24) is 0 Å². The Morgan fingerprint density at radius 2 is 1.00 bits per heavy atom. The number of aliphatic hydroxyl groups is 5. The average Bonchev–Trinajstić information content (AvgIpc) is 3.16. The molecule has 0 saturated heterocycles. The van der Waals surface area contributed by atoms with E-state index in [1.54, 1.807) is 0 Å². The highest BCUT2D eigenvalue weighted by Crippen LogP contribution is 2.47. The van der Waals surface area contributed by atoms with Crippen LogP contribution in [-0.2, 0) is 32.7 Å². The first-order chi connectivity index (χ1) is 26.4. The summed E-state index contributed by atoms with van der Waals surface area (Å²) in [5.41, 5.74) is 0. The molecule has 55 heavy (non-hydrogen) atoms. The van der Waals surface area contributed by atoms with Crippen molar-refractivity contribution in [2.24, 2.45) is 0 Å². The zero-order valence-corrected chi connectivity index (χ0v) is 34.6. The normalized spacial score (nSPS) is 23.3. The molecule has 0 heterocycles. The van der Waals surface area contributed by atoms with Crippen LogP contribution in [0.5, 0.6) is 0 Å². The third kappa shape index (κ3) is 25.3. The molecule has 6 unspecified atom stereocenters. The topological polar surface area (TPSA) is 210 Å². The van der Waals surface area contributed by atoms with E-state index in [0.717, 1.165) is 64.2 Å². The fourth-order valence-corrected chi connectivity index (χ4v) is 7.28. The highest BCUT2D eigenvalue weighted by Gasteiger charge is 2.51. The van der Waals surface area contributed by atoms with Crippen LogP contribution in [0.4, 0.5) is 0 Å². The molecule has 0 aromatic rings. The van der Waals surface area contributed by atoms with Crippen molar-refractivity contribution >= 4 is 19.8 Å². The summed E-state index contributed by atoms with van der Waals surface area (Å²) >= 11 is 0. The molecule has 1 aliphatic rings. The van der Waals surface area contributed by atoms with E-state index < -0.39 is 75.7 Å². The van der Waals surface area contributed by atoms with Gasteiger partial charge in [0.2, 0.25) is 0 Å². The summed E-state index contributed by atoms with van der Waals surface area (Å²) in [5.74, 6) is -1.11. The van der Waals surface area contributed by atoms with Crippen molar-refractivity contribution in [2.75, 3.05) is 13.2 Å². The van der Waals surface area contributed by atoms with Gasteiger partial charge in [-0.3, -0.25) is 18.6 Å². The minimum absolute atomic E-state index is 0.0828. The summed E-state index contributed by atoms with van der Waals surface area (Å²) in [7, 11) is -5.11. The van der Waals surface area contributed by atoms with Crippen LogP contribution < -0.4 is 0 Å². The number of esters is 2. The van der Waals surface area contributed by atoms with E-state index >= 15 is 0 Å². The molecule has 14 heteroatoms. The molecule has 0 radical (unpaired) electrons. The van der Waals surface area contributed by atoms with Crippen LogP contribution in [0.2, 0.25) is 0 Å². The quantitative estimate of drug-likeness (QED) is 0.0164. The van der Waals surface area contributed by atoms with Gasteiger partial charge in [0, 0.05) is 12.8 Å². The molecule has 0 aromatic carbocycles. The van der Waals surface area contributed by atoms with Gasteiger partial charge in [0.25, 0.3) is 0 Å². The Morgan fingerprint density at radius 1 is 0.564 bits per heavy atom. The van der Waals surface area contributed by atoms with E-state index in [-0.39, 0.29) is 12.8 Å². The van der Waals surface area contributed by atoms with Crippen molar-refractivity contribution in [2.45, 2.75) is 211 Å². The van der Waals surface area contributed by atoms with Crippen molar-refractivity contribution in [1.29, 1.82) is 0 Å². The van der Waals surface area contributed by atoms with Crippen molar-refractivity contribution in [3.63, 3.8) is 0 Å². The van der Waals surface area contributed by atoms with E-state index in [9.17, 15) is 44.6 Å². The van der Waals surface area contributed by atoms with Gasteiger partial charge >= 0.3 is 19.8 Å². The van der Waals surface area contributed by atoms with Gasteiger partial charge in [0.05, 0.1) is 6.61 Å². The molecule has 6 N–H and O–H groups in total. The molecule has 6 atom stereocenters. The lowest BCUT2D eigenvalue weighted by Gasteiger charge is -2.41. The number of unbranched alkanes of at least 4 members (excludes halogenated alkanes) is 18. The first-order valence-electron chi connectivity index (χ1n) is 21.1. The van der Waals surface area contributed by atoms with E-state index in [4.69, 9.17) is 18.5 Å². The van der Waals surface area contributed by atoms with Gasteiger partial charge in [-0.25, -0.2) is 4.57 Å². The highest BCUT2D eigenvalue weighted by molar-refractivity contribution is 7.47. The van der Waals surface area contributed by atoms with Crippen LogP contribution in [-0.4, -0.2) is 98.3 Å². The lowest BCUT2D eigenvalue weighted by atomic mass is 9.85. The maximum absolute atomic E-state index is 12.8. The molecular formula is C41H75O13P. The number of hydrogen-bond donors (Lipinski definition) is 6. The second-order valence-electron chi connectivity index (χ2n) is 14.8. The Kier molecular flexibility index (Phi) is 30.2. The number of hydrogen-bond acceptors (Lipinski definition) is 12. The molecule has 0 bridgehead atoms. The number of rotatable bonds is 34. The Labute approximate surface area is 330 Å². The van der Waals surface area contributed by atoms with Crippen LogP contribution >= 0.6 is 7.82 Å². The van der Waals surface area contributed by atoms with Gasteiger partial charge in [-0.15, -0.1) is 0 Å². The second-order valence-corrected chi connectivity index (χ2v) is 16.3. The van der Waals surface area contributed by atoms with Gasteiger partial charge in [0.15, 0.2) is 6.10 Å². The lowest BCUT2D eigenvalue weighted by Crippen LogP contribution is -2.64. The molecule has 0 spiro atoms. The fourth-order valence-electron chi connectivity index (χ4n) is 6.30. The molecule has 0 aliphatic heterocycles. The Bertz CT molecular complexity index is 1070. The van der Waals surface area contributed by atoms with E-state index in [2.05, 4.69) is 38.2 Å². The molecule has 0 amide bonds. The smallest absolute Gasteiger partial charge is 0.462 e. The van der Waals surface area contributed by atoms with Gasteiger partial charge < -0.3 is 39.9 Å². The summed E-state index contributed by atoms with van der Waals surface area (Å²) in [5, 5.41) is 50.0. The Hall–Kier alpha value is -1.67. The van der Waals surface area contributed by atoms with Gasteiger partial charge in [-0.1, -0.05) is 141 Å². The molecule has 13 nitrogen and oxygen atoms in total.